The lowest BCUT2D eigenvalue weighted by Gasteiger charge is -1.94. The third-order valence-electron chi connectivity index (χ3n) is 2.41. The SMILES string of the molecule is C=C/C=c1/oc(-c2cccc([N+](=O)[O-])c2)n/c1=C/N. The van der Waals surface area contributed by atoms with Gasteiger partial charge >= 0.3 is 0 Å². The van der Waals surface area contributed by atoms with E-state index in [0.717, 1.165) is 0 Å². The van der Waals surface area contributed by atoms with Crippen molar-refractivity contribution in [3.05, 3.63) is 57.8 Å². The van der Waals surface area contributed by atoms with Gasteiger partial charge in [0.15, 0.2) is 5.42 Å². The number of oxazole rings is 1. The van der Waals surface area contributed by atoms with E-state index >= 15 is 0 Å². The monoisotopic (exact) mass is 257 g/mol. The minimum Gasteiger partial charge on any atom is -0.436 e. The van der Waals surface area contributed by atoms with Gasteiger partial charge in [-0.3, -0.25) is 10.1 Å². The number of nitrogens with zero attached hydrogens (tertiary/aromatic N) is 2. The Morgan fingerprint density at radius 1 is 1.47 bits per heavy atom. The number of rotatable bonds is 3. The minimum absolute atomic E-state index is 0.0248. The van der Waals surface area contributed by atoms with Gasteiger partial charge < -0.3 is 10.2 Å². The fraction of sp³-hybridized carbons (Fsp3) is 0. The van der Waals surface area contributed by atoms with Crippen LogP contribution in [0.15, 0.2) is 41.3 Å². The zero-order valence-corrected chi connectivity index (χ0v) is 9.95. The first kappa shape index (κ1) is 12.6. The first-order valence-corrected chi connectivity index (χ1v) is 5.42. The lowest BCUT2D eigenvalue weighted by Crippen LogP contribution is -2.23. The van der Waals surface area contributed by atoms with Crippen molar-refractivity contribution in [2.45, 2.75) is 0 Å². The predicted molar refractivity (Wildman–Crippen MR) is 71.2 cm³/mol. The molecule has 2 aromatic rings. The zero-order chi connectivity index (χ0) is 13.8. The Kier molecular flexibility index (Phi) is 3.42. The largest absolute Gasteiger partial charge is 0.436 e. The molecule has 19 heavy (non-hydrogen) atoms. The maximum absolute atomic E-state index is 10.7. The molecule has 0 aliphatic carbocycles. The molecule has 6 nitrogen and oxygen atoms in total. The zero-order valence-electron chi connectivity index (χ0n) is 9.95. The van der Waals surface area contributed by atoms with E-state index in [1.54, 1.807) is 24.3 Å². The van der Waals surface area contributed by atoms with Crippen molar-refractivity contribution in [3.8, 4) is 11.5 Å². The first-order valence-electron chi connectivity index (χ1n) is 5.42. The van der Waals surface area contributed by atoms with E-state index in [2.05, 4.69) is 11.6 Å². The van der Waals surface area contributed by atoms with Crippen LogP contribution in [-0.2, 0) is 0 Å². The standard InChI is InChI=1S/C13H11N3O3/c1-2-4-12-11(8-14)15-13(19-12)9-5-3-6-10(7-9)16(17)18/h2-8H,1,14H2/b11-8+,12-4+. The Morgan fingerprint density at radius 3 is 2.89 bits per heavy atom. The highest BCUT2D eigenvalue weighted by molar-refractivity contribution is 5.57. The summed E-state index contributed by atoms with van der Waals surface area (Å²) in [5, 5.41) is 11.2. The summed E-state index contributed by atoms with van der Waals surface area (Å²) in [6.45, 7) is 3.56. The summed E-state index contributed by atoms with van der Waals surface area (Å²) in [4.78, 5) is 14.4. The molecule has 0 amide bonds. The molecule has 1 heterocycles. The van der Waals surface area contributed by atoms with Gasteiger partial charge in [0.25, 0.3) is 5.69 Å². The van der Waals surface area contributed by atoms with E-state index in [0.29, 0.717) is 16.3 Å². The number of aromatic nitrogens is 1. The van der Waals surface area contributed by atoms with Crippen molar-refractivity contribution < 1.29 is 9.34 Å². The quantitative estimate of drug-likeness (QED) is 0.651. The molecule has 6 heteroatoms. The second-order valence-electron chi connectivity index (χ2n) is 3.64. The fourth-order valence-corrected chi connectivity index (χ4v) is 1.57. The van der Waals surface area contributed by atoms with Crippen LogP contribution in [0, 0.1) is 10.1 Å². The number of nitro benzene ring substituents is 1. The van der Waals surface area contributed by atoms with Gasteiger partial charge in [-0.1, -0.05) is 18.7 Å². The van der Waals surface area contributed by atoms with Crippen LogP contribution in [0.5, 0.6) is 0 Å². The molecule has 0 saturated heterocycles. The van der Waals surface area contributed by atoms with E-state index in [9.17, 15) is 10.1 Å². The van der Waals surface area contributed by atoms with Crippen molar-refractivity contribution in [3.63, 3.8) is 0 Å². The molecule has 2 N–H and O–H groups in total. The third kappa shape index (κ3) is 2.52. The lowest BCUT2D eigenvalue weighted by molar-refractivity contribution is -0.384. The van der Waals surface area contributed by atoms with Crippen molar-refractivity contribution in [1.29, 1.82) is 0 Å². The molecule has 2 rings (SSSR count). The number of nitrogens with two attached hydrogens (primary N) is 1. The van der Waals surface area contributed by atoms with E-state index in [1.807, 2.05) is 0 Å². The van der Waals surface area contributed by atoms with Gasteiger partial charge in [0.2, 0.25) is 5.89 Å². The van der Waals surface area contributed by atoms with E-state index in [1.165, 1.54) is 18.3 Å². The smallest absolute Gasteiger partial charge is 0.270 e. The maximum Gasteiger partial charge on any atom is 0.270 e. The van der Waals surface area contributed by atoms with Crippen LogP contribution < -0.4 is 16.5 Å². The predicted octanol–water partition coefficient (Wildman–Crippen LogP) is 0.913. The van der Waals surface area contributed by atoms with Crippen LogP contribution in [0.2, 0.25) is 0 Å². The van der Waals surface area contributed by atoms with Crippen molar-refractivity contribution >= 4 is 18.0 Å². The summed E-state index contributed by atoms with van der Waals surface area (Å²) in [5.41, 5.74) is 6.39. The average Bonchev–Trinajstić information content (AvgIpc) is 2.82. The van der Waals surface area contributed by atoms with Crippen LogP contribution in [0.25, 0.3) is 23.7 Å². The highest BCUT2D eigenvalue weighted by Crippen LogP contribution is 2.20. The second-order valence-corrected chi connectivity index (χ2v) is 3.64. The highest BCUT2D eigenvalue weighted by Gasteiger charge is 2.10. The molecule has 0 aliphatic rings. The molecule has 0 aliphatic heterocycles. The second kappa shape index (κ2) is 5.18. The summed E-state index contributed by atoms with van der Waals surface area (Å²) in [6, 6.07) is 6.04. The molecule has 0 unspecified atom stereocenters. The van der Waals surface area contributed by atoms with E-state index in [-0.39, 0.29) is 11.6 Å². The third-order valence-corrected chi connectivity index (χ3v) is 2.41. The van der Waals surface area contributed by atoms with E-state index in [4.69, 9.17) is 10.2 Å². The van der Waals surface area contributed by atoms with Crippen molar-refractivity contribution in [2.75, 3.05) is 0 Å². The van der Waals surface area contributed by atoms with Gasteiger partial charge in [-0.25, -0.2) is 4.98 Å². The summed E-state index contributed by atoms with van der Waals surface area (Å²) in [5.74, 6) is 0.272. The van der Waals surface area contributed by atoms with E-state index < -0.39 is 4.92 Å². The molecule has 0 atom stereocenters. The van der Waals surface area contributed by atoms with Crippen LogP contribution in [0.3, 0.4) is 0 Å². The molecule has 1 aromatic carbocycles. The number of allylic oxidation sites excluding steroid dienone is 1. The number of benzene rings is 1. The Labute approximate surface area is 108 Å². The van der Waals surface area contributed by atoms with Crippen LogP contribution in [0.4, 0.5) is 5.69 Å². The van der Waals surface area contributed by atoms with Gasteiger partial charge in [-0.05, 0) is 12.1 Å². The molecule has 0 spiro atoms. The first-order chi connectivity index (χ1) is 9.15. The Morgan fingerprint density at radius 2 is 2.26 bits per heavy atom. The summed E-state index contributed by atoms with van der Waals surface area (Å²) >= 11 is 0. The van der Waals surface area contributed by atoms with Crippen LogP contribution in [-0.4, -0.2) is 9.91 Å². The van der Waals surface area contributed by atoms with Crippen molar-refractivity contribution in [1.82, 2.24) is 4.98 Å². The van der Waals surface area contributed by atoms with Crippen molar-refractivity contribution in [2.24, 2.45) is 5.73 Å². The Balaban J connectivity index is 2.60. The van der Waals surface area contributed by atoms with Crippen LogP contribution in [0.1, 0.15) is 0 Å². The molecule has 96 valence electrons. The average molecular weight is 257 g/mol. The molecular weight excluding hydrogens is 246 g/mol. The van der Waals surface area contributed by atoms with Gasteiger partial charge in [-0.15, -0.1) is 0 Å². The fourth-order valence-electron chi connectivity index (χ4n) is 1.57. The number of nitro groups is 1. The van der Waals surface area contributed by atoms with Gasteiger partial charge in [0.1, 0.15) is 5.35 Å². The molecule has 0 radical (unpaired) electrons. The van der Waals surface area contributed by atoms with Gasteiger partial charge in [0.05, 0.1) is 4.92 Å². The molecule has 1 aromatic heterocycles. The molecule has 0 bridgehead atoms. The lowest BCUT2D eigenvalue weighted by atomic mass is 10.2. The van der Waals surface area contributed by atoms with Gasteiger partial charge in [-0.2, -0.15) is 0 Å². The normalized spacial score (nSPS) is 12.6. The number of non-ortho nitro benzene ring substituents is 1. The molecular formula is C13H11N3O3. The molecule has 0 fully saturated rings. The Bertz CT molecular complexity index is 747. The maximum atomic E-state index is 10.7. The van der Waals surface area contributed by atoms with Crippen LogP contribution >= 0.6 is 0 Å². The topological polar surface area (TPSA) is 95.2 Å². The summed E-state index contributed by atoms with van der Waals surface area (Å²) in [6.07, 6.45) is 4.47. The summed E-state index contributed by atoms with van der Waals surface area (Å²) < 4.78 is 5.50. The Hall–Kier alpha value is -2.89. The highest BCUT2D eigenvalue weighted by atomic mass is 16.6. The molecule has 0 saturated carbocycles. The van der Waals surface area contributed by atoms with Gasteiger partial charge in [0, 0.05) is 23.9 Å². The number of hydrogen-bond acceptors (Lipinski definition) is 5. The summed E-state index contributed by atoms with van der Waals surface area (Å²) in [7, 11) is 0. The minimum atomic E-state index is -0.473. The number of hydrogen-bond donors (Lipinski definition) is 1.